The number of carbonyl (C=O) groups is 3. The first kappa shape index (κ1) is 25.3. The molecule has 3 aliphatic carbocycles. The number of primary amides is 1. The van der Waals surface area contributed by atoms with E-state index in [0.717, 1.165) is 5.56 Å². The largest absolute Gasteiger partial charge is 0.508 e. The number of nitrogens with two attached hydrogens (primary N) is 1. The summed E-state index contributed by atoms with van der Waals surface area (Å²) in [6.45, 7) is 0. The Labute approximate surface area is 218 Å². The number of rotatable bonds is 2. The van der Waals surface area contributed by atoms with Crippen LogP contribution in [-0.2, 0) is 20.8 Å². The van der Waals surface area contributed by atoms with Crippen LogP contribution in [0.25, 0.3) is 5.76 Å². The average molecular weight is 515 g/mol. The average Bonchev–Trinajstić information content (AvgIpc) is 2.86. The van der Waals surface area contributed by atoms with E-state index in [2.05, 4.69) is 11.8 Å². The van der Waals surface area contributed by atoms with Gasteiger partial charge in [-0.1, -0.05) is 30.0 Å². The monoisotopic (exact) mass is 514 g/mol. The Balaban J connectivity index is 1.69. The Morgan fingerprint density at radius 3 is 2.37 bits per heavy atom. The topological polar surface area (TPSA) is 161 Å². The number of aliphatic hydroxyl groups is 3. The lowest BCUT2D eigenvalue weighted by Crippen LogP contribution is -2.65. The van der Waals surface area contributed by atoms with Gasteiger partial charge in [0.25, 0.3) is 5.91 Å². The first-order chi connectivity index (χ1) is 18.0. The molecule has 0 saturated heterocycles. The minimum atomic E-state index is -2.66. The van der Waals surface area contributed by atoms with E-state index >= 15 is 0 Å². The van der Waals surface area contributed by atoms with Crippen LogP contribution >= 0.6 is 0 Å². The summed E-state index contributed by atoms with van der Waals surface area (Å²) < 4.78 is 0. The standard InChI is InChI=1S/C29H26N2O7/c1-31(2)23-18-13-16-12-17-15(9-8-14-6-4-3-5-7-14)10-11-19(32)21(17)24(33)20(16)26(35)29(18,38)27(36)22(25(23)34)28(30)37/h3-7,10-11,16,18,23,32-33,36,38H,12-13H2,1-2H3,(H2,30,37). The summed E-state index contributed by atoms with van der Waals surface area (Å²) >= 11 is 0. The quantitative estimate of drug-likeness (QED) is 0.297. The van der Waals surface area contributed by atoms with Crippen LogP contribution in [0, 0.1) is 23.7 Å². The van der Waals surface area contributed by atoms with Gasteiger partial charge < -0.3 is 26.2 Å². The fourth-order valence-corrected chi connectivity index (χ4v) is 6.02. The second kappa shape index (κ2) is 8.87. The van der Waals surface area contributed by atoms with Crippen molar-refractivity contribution in [1.82, 2.24) is 4.90 Å². The van der Waals surface area contributed by atoms with Crippen LogP contribution in [0.4, 0.5) is 0 Å². The number of aromatic hydroxyl groups is 1. The summed E-state index contributed by atoms with van der Waals surface area (Å²) in [7, 11) is 3.12. The normalized spacial score (nSPS) is 26.4. The number of hydrogen-bond donors (Lipinski definition) is 5. The van der Waals surface area contributed by atoms with E-state index in [1.165, 1.54) is 11.0 Å². The van der Waals surface area contributed by atoms with Gasteiger partial charge in [0.1, 0.15) is 22.8 Å². The number of likely N-dealkylation sites (N-methyl/N-ethyl adjacent to an activating group) is 1. The number of phenolic OH excluding ortho intramolecular Hbond substituents is 1. The van der Waals surface area contributed by atoms with Gasteiger partial charge in [0.05, 0.1) is 11.6 Å². The molecule has 5 rings (SSSR count). The maximum absolute atomic E-state index is 13.8. The lowest BCUT2D eigenvalue weighted by atomic mass is 9.57. The molecule has 1 amide bonds. The fourth-order valence-electron chi connectivity index (χ4n) is 6.02. The molecule has 3 aliphatic rings. The predicted molar refractivity (Wildman–Crippen MR) is 137 cm³/mol. The summed E-state index contributed by atoms with van der Waals surface area (Å²) in [6.07, 6.45) is 0.203. The molecule has 1 saturated carbocycles. The van der Waals surface area contributed by atoms with Crippen molar-refractivity contribution in [3.63, 3.8) is 0 Å². The van der Waals surface area contributed by atoms with Gasteiger partial charge in [-0.2, -0.15) is 0 Å². The van der Waals surface area contributed by atoms with Crippen molar-refractivity contribution >= 4 is 23.2 Å². The highest BCUT2D eigenvalue weighted by molar-refractivity contribution is 6.24. The molecule has 2 aromatic carbocycles. The summed E-state index contributed by atoms with van der Waals surface area (Å²) in [4.78, 5) is 40.5. The zero-order chi connectivity index (χ0) is 27.5. The van der Waals surface area contributed by atoms with Gasteiger partial charge in [0.15, 0.2) is 11.4 Å². The van der Waals surface area contributed by atoms with Gasteiger partial charge in [0, 0.05) is 22.6 Å². The van der Waals surface area contributed by atoms with Crippen LogP contribution in [0.3, 0.4) is 0 Å². The number of hydrogen-bond acceptors (Lipinski definition) is 8. The highest BCUT2D eigenvalue weighted by atomic mass is 16.3. The fraction of sp³-hybridized carbons (Fsp3) is 0.276. The molecule has 0 spiro atoms. The van der Waals surface area contributed by atoms with Crippen LogP contribution in [0.1, 0.15) is 28.7 Å². The Morgan fingerprint density at radius 2 is 1.74 bits per heavy atom. The van der Waals surface area contributed by atoms with E-state index in [1.807, 2.05) is 30.3 Å². The highest BCUT2D eigenvalue weighted by Gasteiger charge is 2.64. The second-order valence-electron chi connectivity index (χ2n) is 10.1. The highest BCUT2D eigenvalue weighted by Crippen LogP contribution is 2.52. The van der Waals surface area contributed by atoms with Gasteiger partial charge in [0.2, 0.25) is 5.78 Å². The molecular weight excluding hydrogens is 488 g/mol. The van der Waals surface area contributed by atoms with E-state index in [-0.39, 0.29) is 29.7 Å². The molecule has 4 atom stereocenters. The third kappa shape index (κ3) is 3.53. The number of Topliss-reactive ketones (excluding diaryl/α,β-unsaturated/α-hetero) is 2. The number of amides is 1. The first-order valence-corrected chi connectivity index (χ1v) is 12.0. The maximum Gasteiger partial charge on any atom is 0.255 e. The molecule has 1 fully saturated rings. The van der Waals surface area contributed by atoms with Crippen LogP contribution in [0.15, 0.2) is 59.4 Å². The summed E-state index contributed by atoms with van der Waals surface area (Å²) in [5.74, 6) is -0.684. The van der Waals surface area contributed by atoms with Crippen molar-refractivity contribution in [1.29, 1.82) is 0 Å². The Bertz CT molecular complexity index is 1530. The Morgan fingerprint density at radius 1 is 1.05 bits per heavy atom. The Kier molecular flexibility index (Phi) is 5.90. The van der Waals surface area contributed by atoms with Gasteiger partial charge >= 0.3 is 0 Å². The van der Waals surface area contributed by atoms with Gasteiger partial charge in [-0.25, -0.2) is 0 Å². The zero-order valence-corrected chi connectivity index (χ0v) is 20.7. The predicted octanol–water partition coefficient (Wildman–Crippen LogP) is 1.36. The molecule has 2 aromatic rings. The molecule has 0 radical (unpaired) electrons. The third-order valence-electron chi connectivity index (χ3n) is 7.72. The van der Waals surface area contributed by atoms with E-state index in [0.29, 0.717) is 11.1 Å². The minimum Gasteiger partial charge on any atom is -0.508 e. The SMILES string of the molecule is CN(C)C1C(=O)C(C(N)=O)=C(O)C2(O)C(=O)C3=C(O)c4c(O)ccc(C#Cc5ccccc5)c4CC3CC12. The second-order valence-corrected chi connectivity index (χ2v) is 10.1. The number of carbonyl (C=O) groups excluding carboxylic acids is 3. The molecule has 6 N–H and O–H groups in total. The molecule has 0 aliphatic heterocycles. The summed E-state index contributed by atoms with van der Waals surface area (Å²) in [5, 5.41) is 44.5. The molecule has 0 bridgehead atoms. The van der Waals surface area contributed by atoms with Crippen LogP contribution < -0.4 is 5.73 Å². The lowest BCUT2D eigenvalue weighted by Gasteiger charge is -2.50. The van der Waals surface area contributed by atoms with Crippen molar-refractivity contribution in [3.05, 3.63) is 81.6 Å². The van der Waals surface area contributed by atoms with E-state index in [1.54, 1.807) is 20.2 Å². The Hall–Kier alpha value is -4.39. The molecule has 4 unspecified atom stereocenters. The number of fused-ring (bicyclic) bond motifs is 3. The molecule has 9 nitrogen and oxygen atoms in total. The van der Waals surface area contributed by atoms with Crippen molar-refractivity contribution in [2.75, 3.05) is 14.1 Å². The first-order valence-electron chi connectivity index (χ1n) is 12.0. The van der Waals surface area contributed by atoms with Crippen molar-refractivity contribution < 1.29 is 34.8 Å². The van der Waals surface area contributed by atoms with E-state index < -0.39 is 58.0 Å². The van der Waals surface area contributed by atoms with Gasteiger partial charge in [-0.15, -0.1) is 0 Å². The maximum atomic E-state index is 13.8. The van der Waals surface area contributed by atoms with Crippen LogP contribution in [-0.4, -0.2) is 68.5 Å². The number of ketones is 2. The summed E-state index contributed by atoms with van der Waals surface area (Å²) in [5.41, 5.74) is 3.50. The van der Waals surface area contributed by atoms with Gasteiger partial charge in [-0.05, 0) is 62.7 Å². The molecule has 0 aromatic heterocycles. The van der Waals surface area contributed by atoms with Crippen molar-refractivity contribution in [3.8, 4) is 17.6 Å². The molecule has 38 heavy (non-hydrogen) atoms. The number of nitrogens with zero attached hydrogens (tertiary/aromatic N) is 1. The van der Waals surface area contributed by atoms with Crippen molar-refractivity contribution in [2.45, 2.75) is 24.5 Å². The number of aliphatic hydroxyl groups excluding tert-OH is 2. The van der Waals surface area contributed by atoms with E-state index in [9.17, 15) is 34.8 Å². The van der Waals surface area contributed by atoms with Crippen LogP contribution in [0.5, 0.6) is 5.75 Å². The molecule has 9 heteroatoms. The van der Waals surface area contributed by atoms with E-state index in [4.69, 9.17) is 5.73 Å². The van der Waals surface area contributed by atoms with Crippen LogP contribution in [0.2, 0.25) is 0 Å². The third-order valence-corrected chi connectivity index (χ3v) is 7.72. The zero-order valence-electron chi connectivity index (χ0n) is 20.7. The molecule has 194 valence electrons. The summed E-state index contributed by atoms with van der Waals surface area (Å²) in [6, 6.07) is 11.1. The lowest BCUT2D eigenvalue weighted by molar-refractivity contribution is -0.153. The van der Waals surface area contributed by atoms with Crippen molar-refractivity contribution in [2.24, 2.45) is 17.6 Å². The minimum absolute atomic E-state index is 0.0150. The number of phenols is 1. The van der Waals surface area contributed by atoms with Gasteiger partial charge in [-0.3, -0.25) is 19.3 Å². The smallest absolute Gasteiger partial charge is 0.255 e. The molecule has 0 heterocycles. The number of benzene rings is 2. The molecular formula is C29H26N2O7.